The molecular weight excluding hydrogens is 381 g/mol. The summed E-state index contributed by atoms with van der Waals surface area (Å²) in [7, 11) is 0. The highest BCUT2D eigenvalue weighted by molar-refractivity contribution is 5.85. The van der Waals surface area contributed by atoms with Gasteiger partial charge in [-0.3, -0.25) is 4.79 Å². The SMILES string of the molecule is CC(C)(C)n1cc(OC(=O)O)c(=O)c2cc(F)c(N3C[C@@H]4OCCN[C@@H]4C3)cc21. The van der Waals surface area contributed by atoms with Crippen LogP contribution in [-0.2, 0) is 10.3 Å². The number of benzene rings is 1. The van der Waals surface area contributed by atoms with E-state index in [2.05, 4.69) is 10.1 Å². The number of ether oxygens (including phenoxy) is 2. The van der Waals surface area contributed by atoms with Crippen LogP contribution in [0.3, 0.4) is 0 Å². The van der Waals surface area contributed by atoms with E-state index in [-0.39, 0.29) is 23.3 Å². The van der Waals surface area contributed by atoms with E-state index in [0.717, 1.165) is 6.54 Å². The largest absolute Gasteiger partial charge is 0.511 e. The van der Waals surface area contributed by atoms with Gasteiger partial charge in [-0.25, -0.2) is 9.18 Å². The minimum atomic E-state index is -1.59. The summed E-state index contributed by atoms with van der Waals surface area (Å²) in [4.78, 5) is 25.6. The number of carbonyl (C=O) groups is 1. The molecule has 1 aromatic heterocycles. The van der Waals surface area contributed by atoms with E-state index in [4.69, 9.17) is 9.84 Å². The van der Waals surface area contributed by atoms with Gasteiger partial charge in [0.15, 0.2) is 5.75 Å². The van der Waals surface area contributed by atoms with E-state index in [1.165, 1.54) is 12.3 Å². The summed E-state index contributed by atoms with van der Waals surface area (Å²) in [6, 6.07) is 2.95. The molecule has 2 N–H and O–H groups in total. The molecule has 8 nitrogen and oxygen atoms in total. The number of hydrogen-bond donors (Lipinski definition) is 2. The van der Waals surface area contributed by atoms with Crippen molar-refractivity contribution in [2.75, 3.05) is 31.1 Å². The van der Waals surface area contributed by atoms with Gasteiger partial charge in [0, 0.05) is 25.2 Å². The molecule has 0 spiro atoms. The first-order valence-corrected chi connectivity index (χ1v) is 9.55. The Bertz CT molecular complexity index is 1020. The van der Waals surface area contributed by atoms with Gasteiger partial charge in [0.2, 0.25) is 5.43 Å². The monoisotopic (exact) mass is 405 g/mol. The molecule has 1 aromatic carbocycles. The van der Waals surface area contributed by atoms with Gasteiger partial charge in [0.05, 0.1) is 41.5 Å². The third-order valence-corrected chi connectivity index (χ3v) is 5.41. The fraction of sp³-hybridized carbons (Fsp3) is 0.500. The van der Waals surface area contributed by atoms with E-state index in [0.29, 0.717) is 30.9 Å². The molecule has 2 saturated heterocycles. The number of pyridine rings is 1. The van der Waals surface area contributed by atoms with Crippen molar-refractivity contribution in [3.8, 4) is 5.75 Å². The average molecular weight is 405 g/mol. The molecule has 2 aromatic rings. The zero-order valence-corrected chi connectivity index (χ0v) is 16.6. The van der Waals surface area contributed by atoms with Crippen LogP contribution >= 0.6 is 0 Å². The Hall–Kier alpha value is -2.65. The molecule has 0 aliphatic carbocycles. The van der Waals surface area contributed by atoms with Crippen LogP contribution < -0.4 is 20.4 Å². The Morgan fingerprint density at radius 3 is 2.76 bits per heavy atom. The van der Waals surface area contributed by atoms with E-state index in [1.807, 2.05) is 25.7 Å². The molecule has 0 amide bonds. The maximum Gasteiger partial charge on any atom is 0.511 e. The molecule has 156 valence electrons. The van der Waals surface area contributed by atoms with Gasteiger partial charge in [-0.15, -0.1) is 0 Å². The highest BCUT2D eigenvalue weighted by atomic mass is 19.1. The molecule has 0 radical (unpaired) electrons. The zero-order chi connectivity index (χ0) is 20.9. The summed E-state index contributed by atoms with van der Waals surface area (Å²) in [5.41, 5.74) is -0.253. The number of anilines is 1. The molecule has 4 rings (SSSR count). The van der Waals surface area contributed by atoms with Crippen molar-refractivity contribution in [2.45, 2.75) is 38.5 Å². The summed E-state index contributed by atoms with van der Waals surface area (Å²) in [5, 5.41) is 12.4. The number of hydrogen-bond acceptors (Lipinski definition) is 6. The second-order valence-corrected chi connectivity index (χ2v) is 8.43. The van der Waals surface area contributed by atoms with Crippen LogP contribution in [0.25, 0.3) is 10.9 Å². The third kappa shape index (κ3) is 3.56. The second-order valence-electron chi connectivity index (χ2n) is 8.43. The van der Waals surface area contributed by atoms with E-state index >= 15 is 4.39 Å². The van der Waals surface area contributed by atoms with Gasteiger partial charge in [-0.1, -0.05) is 0 Å². The van der Waals surface area contributed by atoms with E-state index in [1.54, 1.807) is 10.6 Å². The van der Waals surface area contributed by atoms with Gasteiger partial charge in [0.25, 0.3) is 0 Å². The summed E-state index contributed by atoms with van der Waals surface area (Å²) < 4.78 is 27.2. The van der Waals surface area contributed by atoms with Crippen molar-refractivity contribution < 1.29 is 23.8 Å². The van der Waals surface area contributed by atoms with Crippen LogP contribution in [0.1, 0.15) is 20.8 Å². The van der Waals surface area contributed by atoms with Crippen molar-refractivity contribution in [1.29, 1.82) is 0 Å². The molecule has 2 fully saturated rings. The normalized spacial score (nSPS) is 22.0. The van der Waals surface area contributed by atoms with Gasteiger partial charge >= 0.3 is 6.16 Å². The number of morpholine rings is 1. The predicted molar refractivity (Wildman–Crippen MR) is 106 cm³/mol. The topological polar surface area (TPSA) is 93.0 Å². The quantitative estimate of drug-likeness (QED) is 0.740. The number of nitrogens with zero attached hydrogens (tertiary/aromatic N) is 2. The molecule has 3 heterocycles. The van der Waals surface area contributed by atoms with E-state index in [9.17, 15) is 9.59 Å². The van der Waals surface area contributed by atoms with Crippen LogP contribution in [0, 0.1) is 5.82 Å². The number of halogens is 1. The number of rotatable bonds is 2. The van der Waals surface area contributed by atoms with Crippen LogP contribution in [0.5, 0.6) is 5.75 Å². The summed E-state index contributed by atoms with van der Waals surface area (Å²) in [5.74, 6) is -0.891. The van der Waals surface area contributed by atoms with Crippen LogP contribution in [0.15, 0.2) is 23.1 Å². The predicted octanol–water partition coefficient (Wildman–Crippen LogP) is 2.13. The zero-order valence-electron chi connectivity index (χ0n) is 16.6. The highest BCUT2D eigenvalue weighted by Gasteiger charge is 2.36. The van der Waals surface area contributed by atoms with Gasteiger partial charge in [-0.05, 0) is 32.9 Å². The Morgan fingerprint density at radius 1 is 1.34 bits per heavy atom. The van der Waals surface area contributed by atoms with Gasteiger partial charge < -0.3 is 29.4 Å². The molecule has 0 bridgehead atoms. The first-order chi connectivity index (χ1) is 13.6. The Labute approximate surface area is 166 Å². The Kier molecular flexibility index (Phi) is 4.74. The molecule has 2 atom stereocenters. The van der Waals surface area contributed by atoms with Crippen molar-refractivity contribution >= 4 is 22.7 Å². The number of fused-ring (bicyclic) bond motifs is 2. The van der Waals surface area contributed by atoms with Crippen molar-refractivity contribution in [3.05, 3.63) is 34.4 Å². The van der Waals surface area contributed by atoms with Crippen LogP contribution in [0.2, 0.25) is 0 Å². The third-order valence-electron chi connectivity index (χ3n) is 5.41. The number of carboxylic acid groups (broad SMARTS) is 1. The maximum atomic E-state index is 15.0. The lowest BCUT2D eigenvalue weighted by atomic mass is 10.1. The van der Waals surface area contributed by atoms with Crippen LogP contribution in [-0.4, -0.2) is 54.2 Å². The van der Waals surface area contributed by atoms with Gasteiger partial charge in [0.1, 0.15) is 5.82 Å². The number of nitrogens with one attached hydrogen (secondary N) is 1. The first kappa shape index (κ1) is 19.7. The lowest BCUT2D eigenvalue weighted by Gasteiger charge is -2.27. The molecule has 2 aliphatic heterocycles. The Morgan fingerprint density at radius 2 is 2.10 bits per heavy atom. The summed E-state index contributed by atoms with van der Waals surface area (Å²) in [6.45, 7) is 8.29. The van der Waals surface area contributed by atoms with E-state index < -0.39 is 22.9 Å². The lowest BCUT2D eigenvalue weighted by Crippen LogP contribution is -2.47. The highest BCUT2D eigenvalue weighted by Crippen LogP contribution is 2.32. The van der Waals surface area contributed by atoms with Crippen molar-refractivity contribution in [1.82, 2.24) is 9.88 Å². The minimum Gasteiger partial charge on any atom is -0.449 e. The first-order valence-electron chi connectivity index (χ1n) is 9.55. The number of aromatic nitrogens is 1. The average Bonchev–Trinajstić information content (AvgIpc) is 3.06. The standard InChI is InChI=1S/C20H24FN3O5/c1-20(2,3)24-10-17(29-19(26)27)18(25)11-6-12(21)15(7-14(11)24)23-8-13-16(9-23)28-5-4-22-13/h6-7,10,13,16,22H,4-5,8-9H2,1-3H3,(H,26,27)/t13-,16+/m1/s1. The summed E-state index contributed by atoms with van der Waals surface area (Å²) in [6.07, 6.45) is -0.226. The van der Waals surface area contributed by atoms with Crippen molar-refractivity contribution in [2.24, 2.45) is 0 Å². The minimum absolute atomic E-state index is 0.00463. The fourth-order valence-electron chi connectivity index (χ4n) is 4.06. The lowest BCUT2D eigenvalue weighted by molar-refractivity contribution is 0.0212. The molecule has 29 heavy (non-hydrogen) atoms. The van der Waals surface area contributed by atoms with Crippen LogP contribution in [0.4, 0.5) is 14.9 Å². The molecule has 9 heteroatoms. The Balaban J connectivity index is 1.86. The molecule has 2 aliphatic rings. The van der Waals surface area contributed by atoms with Gasteiger partial charge in [-0.2, -0.15) is 0 Å². The molecule has 0 saturated carbocycles. The summed E-state index contributed by atoms with van der Waals surface area (Å²) >= 11 is 0. The smallest absolute Gasteiger partial charge is 0.449 e. The van der Waals surface area contributed by atoms with Crippen molar-refractivity contribution in [3.63, 3.8) is 0 Å². The second kappa shape index (κ2) is 7.00. The molecule has 0 unspecified atom stereocenters. The molecular formula is C20H24FN3O5. The maximum absolute atomic E-state index is 15.0. The fourth-order valence-corrected chi connectivity index (χ4v) is 4.06.